The molecule has 0 radical (unpaired) electrons. The molecule has 2 N–H and O–H groups in total. The molecule has 12 heavy (non-hydrogen) atoms. The largest absolute Gasteiger partial charge is 0.315 e. The highest BCUT2D eigenvalue weighted by Gasteiger charge is 2.41. The minimum Gasteiger partial charge on any atom is -0.315 e. The third kappa shape index (κ3) is 3.11. The van der Waals surface area contributed by atoms with Crippen LogP contribution < -0.4 is 10.6 Å². The normalized spacial score (nSPS) is 22.0. The van der Waals surface area contributed by atoms with Crippen molar-refractivity contribution in [1.29, 1.82) is 0 Å². The summed E-state index contributed by atoms with van der Waals surface area (Å²) >= 11 is 0. The second kappa shape index (κ2) is 6.44. The fourth-order valence-electron chi connectivity index (χ4n) is 1.21. The monoisotopic (exact) mass is 172 g/mol. The number of hydrogen-bond acceptors (Lipinski definition) is 2. The summed E-state index contributed by atoms with van der Waals surface area (Å²) < 4.78 is 0. The van der Waals surface area contributed by atoms with Crippen LogP contribution in [0.2, 0.25) is 0 Å². The second-order valence-electron chi connectivity index (χ2n) is 3.41. The van der Waals surface area contributed by atoms with Gasteiger partial charge in [-0.2, -0.15) is 0 Å². The topological polar surface area (TPSA) is 24.1 Å². The molecule has 0 aromatic carbocycles. The van der Waals surface area contributed by atoms with Crippen LogP contribution in [0.25, 0.3) is 0 Å². The summed E-state index contributed by atoms with van der Waals surface area (Å²) in [5.41, 5.74) is 0.722. The van der Waals surface area contributed by atoms with Gasteiger partial charge >= 0.3 is 0 Å². The Hall–Kier alpha value is -0.0800. The van der Waals surface area contributed by atoms with Crippen LogP contribution in [-0.4, -0.2) is 26.2 Å². The Morgan fingerprint density at radius 2 is 1.17 bits per heavy atom. The molecule has 0 unspecified atom stereocenters. The van der Waals surface area contributed by atoms with Crippen LogP contribution in [0.3, 0.4) is 0 Å². The van der Waals surface area contributed by atoms with Crippen LogP contribution in [0.5, 0.6) is 0 Å². The van der Waals surface area contributed by atoms with E-state index in [0.717, 1.165) is 5.41 Å². The molecule has 2 saturated heterocycles. The average Bonchev–Trinajstić information content (AvgIpc) is 1.87. The number of nitrogens with one attached hydrogen (secondary N) is 2. The van der Waals surface area contributed by atoms with Gasteiger partial charge in [-0.05, 0) is 0 Å². The van der Waals surface area contributed by atoms with E-state index < -0.39 is 0 Å². The molecule has 0 aromatic heterocycles. The van der Waals surface area contributed by atoms with Crippen LogP contribution in [0.4, 0.5) is 0 Å². The SMILES string of the molecule is C1NCC12CNC2.CC.CCC. The van der Waals surface area contributed by atoms with Crippen molar-refractivity contribution in [2.45, 2.75) is 34.1 Å². The summed E-state index contributed by atoms with van der Waals surface area (Å²) in [4.78, 5) is 0. The van der Waals surface area contributed by atoms with Crippen LogP contribution in [-0.2, 0) is 0 Å². The molecule has 1 spiro atoms. The summed E-state index contributed by atoms with van der Waals surface area (Å²) in [5.74, 6) is 0. The quantitative estimate of drug-likeness (QED) is 0.580. The fraction of sp³-hybridized carbons (Fsp3) is 1.00. The average molecular weight is 172 g/mol. The van der Waals surface area contributed by atoms with Gasteiger partial charge in [0, 0.05) is 31.6 Å². The zero-order valence-corrected chi connectivity index (χ0v) is 9.04. The molecular weight excluding hydrogens is 148 g/mol. The molecular formula is C10H24N2. The number of rotatable bonds is 0. The lowest BCUT2D eigenvalue weighted by molar-refractivity contribution is 0.0895. The Morgan fingerprint density at radius 3 is 1.17 bits per heavy atom. The summed E-state index contributed by atoms with van der Waals surface area (Å²) in [7, 11) is 0. The summed E-state index contributed by atoms with van der Waals surface area (Å²) in [6.07, 6.45) is 1.25. The zero-order chi connectivity index (χ0) is 9.45. The van der Waals surface area contributed by atoms with Gasteiger partial charge in [-0.1, -0.05) is 34.1 Å². The smallest absolute Gasteiger partial charge is 0.0202 e. The van der Waals surface area contributed by atoms with E-state index in [4.69, 9.17) is 0 Å². The highest BCUT2D eigenvalue weighted by molar-refractivity contribution is 5.01. The third-order valence-electron chi connectivity index (χ3n) is 2.00. The van der Waals surface area contributed by atoms with E-state index >= 15 is 0 Å². The second-order valence-corrected chi connectivity index (χ2v) is 3.41. The van der Waals surface area contributed by atoms with E-state index in [-0.39, 0.29) is 0 Å². The molecule has 2 heteroatoms. The molecule has 0 aliphatic carbocycles. The van der Waals surface area contributed by atoms with Gasteiger partial charge in [0.05, 0.1) is 0 Å². The van der Waals surface area contributed by atoms with Crippen molar-refractivity contribution in [3.05, 3.63) is 0 Å². The Labute approximate surface area is 77.1 Å². The van der Waals surface area contributed by atoms with E-state index in [1.807, 2.05) is 13.8 Å². The molecule has 2 fully saturated rings. The Morgan fingerprint density at radius 1 is 0.917 bits per heavy atom. The Balaban J connectivity index is 0.000000211. The van der Waals surface area contributed by atoms with Crippen LogP contribution >= 0.6 is 0 Å². The van der Waals surface area contributed by atoms with Gasteiger partial charge < -0.3 is 10.6 Å². The minimum absolute atomic E-state index is 0.722. The van der Waals surface area contributed by atoms with E-state index in [1.54, 1.807) is 0 Å². The molecule has 74 valence electrons. The maximum Gasteiger partial charge on any atom is 0.0202 e. The van der Waals surface area contributed by atoms with Crippen molar-refractivity contribution in [2.24, 2.45) is 5.41 Å². The molecule has 2 aliphatic heterocycles. The first-order chi connectivity index (χ1) is 5.83. The van der Waals surface area contributed by atoms with Gasteiger partial charge in [-0.3, -0.25) is 0 Å². The highest BCUT2D eigenvalue weighted by Crippen LogP contribution is 2.25. The Bertz CT molecular complexity index is 78.5. The summed E-state index contributed by atoms with van der Waals surface area (Å²) in [6, 6.07) is 0. The maximum atomic E-state index is 3.26. The Kier molecular flexibility index (Phi) is 6.39. The van der Waals surface area contributed by atoms with Crippen molar-refractivity contribution in [1.82, 2.24) is 10.6 Å². The van der Waals surface area contributed by atoms with E-state index in [9.17, 15) is 0 Å². The standard InChI is InChI=1S/C5H10N2.C3H8.C2H6/c1-5(2-6-1)3-7-4-5;1-3-2;1-2/h6-7H,1-4H2;3H2,1-2H3;1-2H3. The van der Waals surface area contributed by atoms with E-state index in [2.05, 4.69) is 24.5 Å². The molecule has 0 amide bonds. The van der Waals surface area contributed by atoms with Crippen molar-refractivity contribution in [2.75, 3.05) is 26.2 Å². The lowest BCUT2D eigenvalue weighted by atomic mass is 9.76. The van der Waals surface area contributed by atoms with Gasteiger partial charge in [0.2, 0.25) is 0 Å². The zero-order valence-electron chi connectivity index (χ0n) is 9.04. The van der Waals surface area contributed by atoms with Gasteiger partial charge in [0.15, 0.2) is 0 Å². The first-order valence-electron chi connectivity index (χ1n) is 5.24. The summed E-state index contributed by atoms with van der Waals surface area (Å²) in [5, 5.41) is 6.53. The fourth-order valence-corrected chi connectivity index (χ4v) is 1.21. The van der Waals surface area contributed by atoms with E-state index in [0.29, 0.717) is 0 Å². The van der Waals surface area contributed by atoms with Gasteiger partial charge in [0.1, 0.15) is 0 Å². The van der Waals surface area contributed by atoms with Gasteiger partial charge in [-0.25, -0.2) is 0 Å². The van der Waals surface area contributed by atoms with Crippen LogP contribution in [0.1, 0.15) is 34.1 Å². The third-order valence-corrected chi connectivity index (χ3v) is 2.00. The minimum atomic E-state index is 0.722. The summed E-state index contributed by atoms with van der Waals surface area (Å²) in [6.45, 7) is 13.2. The van der Waals surface area contributed by atoms with E-state index in [1.165, 1.54) is 32.6 Å². The van der Waals surface area contributed by atoms with Gasteiger partial charge in [0.25, 0.3) is 0 Å². The lowest BCUT2D eigenvalue weighted by Crippen LogP contribution is -2.69. The van der Waals surface area contributed by atoms with Crippen LogP contribution in [0.15, 0.2) is 0 Å². The van der Waals surface area contributed by atoms with Crippen molar-refractivity contribution in [3.63, 3.8) is 0 Å². The molecule has 0 aromatic rings. The first kappa shape index (κ1) is 11.9. The molecule has 0 bridgehead atoms. The first-order valence-corrected chi connectivity index (χ1v) is 5.24. The lowest BCUT2D eigenvalue weighted by Gasteiger charge is -2.50. The van der Waals surface area contributed by atoms with Gasteiger partial charge in [-0.15, -0.1) is 0 Å². The predicted molar refractivity (Wildman–Crippen MR) is 55.5 cm³/mol. The van der Waals surface area contributed by atoms with Crippen molar-refractivity contribution < 1.29 is 0 Å². The highest BCUT2D eigenvalue weighted by atomic mass is 15.1. The molecule has 2 rings (SSSR count). The molecule has 0 saturated carbocycles. The predicted octanol–water partition coefficient (Wildman–Crippen LogP) is 1.62. The number of hydrogen-bond donors (Lipinski definition) is 2. The molecule has 2 nitrogen and oxygen atoms in total. The maximum absolute atomic E-state index is 3.26. The van der Waals surface area contributed by atoms with Crippen molar-refractivity contribution >= 4 is 0 Å². The van der Waals surface area contributed by atoms with Crippen molar-refractivity contribution in [3.8, 4) is 0 Å². The molecule has 2 heterocycles. The molecule has 2 aliphatic rings. The molecule has 0 atom stereocenters. The van der Waals surface area contributed by atoms with Crippen LogP contribution in [0, 0.1) is 5.41 Å².